The van der Waals surface area contributed by atoms with E-state index in [-0.39, 0.29) is 16.2 Å². The molecule has 200 valence electrons. The largest absolute Gasteiger partial charge is 0.309 e. The average Bonchev–Trinajstić information content (AvgIpc) is 3.24. The molecular weight excluding hydrogens is 472 g/mol. The lowest BCUT2D eigenvalue weighted by atomic mass is 9.71. The number of nitrogens with zero attached hydrogens (tertiary/aromatic N) is 2. The van der Waals surface area contributed by atoms with Crippen molar-refractivity contribution in [2.45, 2.75) is 91.0 Å². The minimum absolute atomic E-state index is 0.0987. The summed E-state index contributed by atoms with van der Waals surface area (Å²) in [6.07, 6.45) is 4.62. The smallest absolute Gasteiger partial charge is 0.214 e. The van der Waals surface area contributed by atoms with Gasteiger partial charge in [-0.2, -0.15) is 4.57 Å². The Balaban J connectivity index is 1.63. The van der Waals surface area contributed by atoms with E-state index in [1.54, 1.807) is 0 Å². The number of rotatable bonds is 3. The molecule has 0 saturated heterocycles. The van der Waals surface area contributed by atoms with Gasteiger partial charge in [0.15, 0.2) is 12.7 Å². The molecule has 0 fully saturated rings. The number of hydrogen-bond acceptors (Lipinski definition) is 0. The summed E-state index contributed by atoms with van der Waals surface area (Å²) in [4.78, 5) is 0. The fourth-order valence-electron chi connectivity index (χ4n) is 6.70. The van der Waals surface area contributed by atoms with Crippen LogP contribution in [0, 0.1) is 0 Å². The Labute approximate surface area is 234 Å². The van der Waals surface area contributed by atoms with Gasteiger partial charge < -0.3 is 4.57 Å². The quantitative estimate of drug-likeness (QED) is 0.212. The van der Waals surface area contributed by atoms with E-state index in [1.165, 1.54) is 55.4 Å². The average molecular weight is 516 g/mol. The number of hydrogen-bond donors (Lipinski definition) is 0. The monoisotopic (exact) mass is 515 g/mol. The minimum atomic E-state index is 0.0987. The molecule has 0 saturated carbocycles. The fourth-order valence-corrected chi connectivity index (χ4v) is 6.70. The lowest BCUT2D eigenvalue weighted by molar-refractivity contribution is -0.697. The van der Waals surface area contributed by atoms with E-state index in [0.29, 0.717) is 0 Å². The maximum absolute atomic E-state index is 2.49. The highest BCUT2D eigenvalue weighted by molar-refractivity contribution is 6.10. The molecule has 6 rings (SSSR count). The first-order valence-corrected chi connectivity index (χ1v) is 14.7. The number of benzene rings is 3. The van der Waals surface area contributed by atoms with E-state index in [1.807, 2.05) is 0 Å². The maximum Gasteiger partial charge on any atom is 0.214 e. The number of aromatic nitrogens is 2. The molecule has 0 radical (unpaired) electrons. The Morgan fingerprint density at radius 3 is 1.82 bits per heavy atom. The zero-order chi connectivity index (χ0) is 27.7. The van der Waals surface area contributed by atoms with Gasteiger partial charge in [-0.15, -0.1) is 0 Å². The van der Waals surface area contributed by atoms with Crippen molar-refractivity contribution in [3.8, 4) is 16.9 Å². The normalized spacial score (nSPS) is 15.0. The third-order valence-corrected chi connectivity index (χ3v) is 9.38. The summed E-state index contributed by atoms with van der Waals surface area (Å²) in [5.41, 5.74) is 11.1. The van der Waals surface area contributed by atoms with Crippen LogP contribution in [0.3, 0.4) is 0 Å². The molecule has 0 atom stereocenters. The predicted molar refractivity (Wildman–Crippen MR) is 166 cm³/mol. The van der Waals surface area contributed by atoms with Crippen LogP contribution in [-0.2, 0) is 22.8 Å². The highest BCUT2D eigenvalue weighted by atomic mass is 15.0. The van der Waals surface area contributed by atoms with Crippen LogP contribution in [0.4, 0.5) is 0 Å². The first-order chi connectivity index (χ1) is 18.5. The molecule has 0 spiro atoms. The molecule has 3 heterocycles. The maximum atomic E-state index is 2.49. The van der Waals surface area contributed by atoms with Gasteiger partial charge in [0.2, 0.25) is 5.69 Å². The zero-order valence-electron chi connectivity index (χ0n) is 25.0. The Morgan fingerprint density at radius 1 is 0.718 bits per heavy atom. The second-order valence-corrected chi connectivity index (χ2v) is 13.7. The van der Waals surface area contributed by atoms with Crippen molar-refractivity contribution in [3.63, 3.8) is 0 Å². The third kappa shape index (κ3) is 4.03. The van der Waals surface area contributed by atoms with Gasteiger partial charge in [-0.3, -0.25) is 0 Å². The van der Waals surface area contributed by atoms with Crippen molar-refractivity contribution in [2.75, 3.05) is 0 Å². The Hall–Kier alpha value is -3.39. The van der Waals surface area contributed by atoms with Gasteiger partial charge in [0.05, 0.1) is 27.7 Å². The second kappa shape index (κ2) is 8.81. The lowest BCUT2D eigenvalue weighted by Crippen LogP contribution is -2.50. The summed E-state index contributed by atoms with van der Waals surface area (Å²) in [5, 5.41) is 2.68. The summed E-state index contributed by atoms with van der Waals surface area (Å²) in [6, 6.07) is 28.0. The van der Waals surface area contributed by atoms with Crippen molar-refractivity contribution in [1.82, 2.24) is 4.57 Å². The van der Waals surface area contributed by atoms with Gasteiger partial charge >= 0.3 is 0 Å². The van der Waals surface area contributed by atoms with Crippen molar-refractivity contribution < 1.29 is 4.57 Å². The van der Waals surface area contributed by atoms with Gasteiger partial charge in [0.1, 0.15) is 0 Å². The molecule has 0 aliphatic carbocycles. The molecule has 0 amide bonds. The fraction of sp³-hybridized carbons (Fsp3) is 0.378. The van der Waals surface area contributed by atoms with E-state index in [0.717, 1.165) is 19.4 Å². The summed E-state index contributed by atoms with van der Waals surface area (Å²) < 4.78 is 4.97. The van der Waals surface area contributed by atoms with Gasteiger partial charge in [0, 0.05) is 22.9 Å². The summed E-state index contributed by atoms with van der Waals surface area (Å²) >= 11 is 0. The van der Waals surface area contributed by atoms with Crippen LogP contribution in [0.15, 0.2) is 79.0 Å². The SMILES string of the molecule is CCC1(CC)C[n+]2ccc(-n3c4ccc(C(C)(C)C)cc4c4cc(C(C)(C)C)ccc43)cc2-c2ccccc21. The van der Waals surface area contributed by atoms with Gasteiger partial charge in [-0.05, 0) is 70.7 Å². The van der Waals surface area contributed by atoms with E-state index < -0.39 is 0 Å². The van der Waals surface area contributed by atoms with Crippen LogP contribution in [0.25, 0.3) is 38.8 Å². The van der Waals surface area contributed by atoms with Crippen LogP contribution < -0.4 is 4.57 Å². The second-order valence-electron chi connectivity index (χ2n) is 13.7. The van der Waals surface area contributed by atoms with Crippen LogP contribution in [0.1, 0.15) is 84.9 Å². The Morgan fingerprint density at radius 2 is 1.28 bits per heavy atom. The lowest BCUT2D eigenvalue weighted by Gasteiger charge is -2.34. The van der Waals surface area contributed by atoms with Crippen LogP contribution >= 0.6 is 0 Å². The minimum Gasteiger partial charge on any atom is -0.309 e. The van der Waals surface area contributed by atoms with Crippen molar-refractivity contribution in [2.24, 2.45) is 0 Å². The first-order valence-electron chi connectivity index (χ1n) is 14.7. The van der Waals surface area contributed by atoms with Gasteiger partial charge in [-0.1, -0.05) is 85.7 Å². The molecule has 1 aliphatic heterocycles. The van der Waals surface area contributed by atoms with Gasteiger partial charge in [0.25, 0.3) is 0 Å². The first kappa shape index (κ1) is 25.9. The molecule has 2 heteroatoms. The van der Waals surface area contributed by atoms with Crippen LogP contribution in [0.5, 0.6) is 0 Å². The third-order valence-electron chi connectivity index (χ3n) is 9.38. The summed E-state index contributed by atoms with van der Waals surface area (Å²) in [5.74, 6) is 0. The molecule has 3 aromatic carbocycles. The Bertz CT molecular complexity index is 1640. The van der Waals surface area contributed by atoms with E-state index in [9.17, 15) is 0 Å². The van der Waals surface area contributed by atoms with E-state index in [2.05, 4.69) is 144 Å². The highest BCUT2D eigenvalue weighted by Crippen LogP contribution is 2.42. The highest BCUT2D eigenvalue weighted by Gasteiger charge is 2.41. The molecular formula is C37H43N2+. The van der Waals surface area contributed by atoms with E-state index in [4.69, 9.17) is 0 Å². The molecule has 0 bridgehead atoms. The van der Waals surface area contributed by atoms with Crippen molar-refractivity contribution in [1.29, 1.82) is 0 Å². The van der Waals surface area contributed by atoms with Crippen molar-refractivity contribution >= 4 is 21.8 Å². The standard InChI is InChI=1S/C37H43N2/c1-9-37(10-2)24-38-20-19-27(23-34(38)28-13-11-12-14-31(28)37)39-32-17-15-25(35(3,4)5)21-29(32)30-22-26(36(6,7)8)16-18-33(30)39/h11-23H,9-10,24H2,1-8H3/q+1. The summed E-state index contributed by atoms with van der Waals surface area (Å²) in [7, 11) is 0. The van der Waals surface area contributed by atoms with Crippen LogP contribution in [-0.4, -0.2) is 4.57 Å². The number of pyridine rings is 1. The summed E-state index contributed by atoms with van der Waals surface area (Å²) in [6.45, 7) is 19.5. The molecule has 1 aliphatic rings. The molecule has 2 aromatic heterocycles. The van der Waals surface area contributed by atoms with Crippen LogP contribution in [0.2, 0.25) is 0 Å². The van der Waals surface area contributed by atoms with Crippen molar-refractivity contribution in [3.05, 3.63) is 95.7 Å². The van der Waals surface area contributed by atoms with Gasteiger partial charge in [-0.25, -0.2) is 0 Å². The van der Waals surface area contributed by atoms with E-state index >= 15 is 0 Å². The molecule has 2 nitrogen and oxygen atoms in total. The molecule has 39 heavy (non-hydrogen) atoms. The predicted octanol–water partition coefficient (Wildman–Crippen LogP) is 9.40. The topological polar surface area (TPSA) is 8.81 Å². The molecule has 5 aromatic rings. The zero-order valence-corrected chi connectivity index (χ0v) is 25.0. The number of fused-ring (bicyclic) bond motifs is 6. The Kier molecular flexibility index (Phi) is 5.84. The molecule has 0 N–H and O–H groups in total. The molecule has 0 unspecified atom stereocenters.